The van der Waals surface area contributed by atoms with Crippen molar-refractivity contribution in [3.63, 3.8) is 0 Å². The quantitative estimate of drug-likeness (QED) is 0.718. The second kappa shape index (κ2) is 5.89. The number of nitrogens with one attached hydrogen (secondary N) is 2. The van der Waals surface area contributed by atoms with Crippen LogP contribution >= 0.6 is 11.3 Å². The topological polar surface area (TPSA) is 91.3 Å². The van der Waals surface area contributed by atoms with Crippen molar-refractivity contribution in [3.05, 3.63) is 28.9 Å². The van der Waals surface area contributed by atoms with E-state index < -0.39 is 5.97 Å². The van der Waals surface area contributed by atoms with Gasteiger partial charge in [-0.2, -0.15) is 0 Å². The molecule has 3 atom stereocenters. The number of carboxylic acid groups (broad SMARTS) is 1. The first-order valence-electron chi connectivity index (χ1n) is 7.79. The highest BCUT2D eigenvalue weighted by Gasteiger charge is 2.39. The molecule has 2 bridgehead atoms. The van der Waals surface area contributed by atoms with Crippen LogP contribution in [0.2, 0.25) is 0 Å². The van der Waals surface area contributed by atoms with Gasteiger partial charge in [0, 0.05) is 46.6 Å². The molecule has 4 rings (SSSR count). The van der Waals surface area contributed by atoms with E-state index in [-0.39, 0.29) is 11.9 Å². The Labute approximate surface area is 142 Å². The summed E-state index contributed by atoms with van der Waals surface area (Å²) in [6.07, 6.45) is 4.88. The summed E-state index contributed by atoms with van der Waals surface area (Å²) in [6, 6.07) is 2.72. The summed E-state index contributed by atoms with van der Waals surface area (Å²) < 4.78 is 0.878. The summed E-state index contributed by atoms with van der Waals surface area (Å²) in [5, 5.41) is 17.8. The van der Waals surface area contributed by atoms with Gasteiger partial charge in [0.15, 0.2) is 0 Å². The lowest BCUT2D eigenvalue weighted by Crippen LogP contribution is -2.43. The van der Waals surface area contributed by atoms with Gasteiger partial charge in [0.25, 0.3) is 5.91 Å². The van der Waals surface area contributed by atoms with Crippen molar-refractivity contribution in [2.75, 3.05) is 0 Å². The number of pyridine rings is 1. The molecular formula is C17H15N3O3S. The summed E-state index contributed by atoms with van der Waals surface area (Å²) in [6.45, 7) is 0. The number of fused-ring (bicyclic) bond motifs is 3. The fraction of sp³-hybridized carbons (Fsp3) is 0.353. The molecule has 0 radical (unpaired) electrons. The third-order valence-corrected chi connectivity index (χ3v) is 5.55. The third kappa shape index (κ3) is 2.75. The minimum Gasteiger partial charge on any atom is -0.472 e. The number of carboxylic acids is 1. The number of hydrogen-bond acceptors (Lipinski definition) is 5. The normalized spacial score (nSPS) is 24.6. The number of aliphatic carboxylic acids is 1. The minimum absolute atomic E-state index is 0.155. The average Bonchev–Trinajstić information content (AvgIpc) is 3.27. The number of aromatic nitrogens is 1. The number of rotatable bonds is 2. The van der Waals surface area contributed by atoms with Crippen LogP contribution in [0.5, 0.6) is 0 Å². The summed E-state index contributed by atoms with van der Waals surface area (Å²) in [5.41, 5.74) is 0.942. The molecule has 2 aromatic rings. The van der Waals surface area contributed by atoms with E-state index in [1.807, 2.05) is 0 Å². The van der Waals surface area contributed by atoms with E-state index in [4.69, 9.17) is 5.11 Å². The Bertz CT molecular complexity index is 895. The van der Waals surface area contributed by atoms with Gasteiger partial charge in [-0.25, -0.2) is 9.78 Å². The molecule has 2 saturated heterocycles. The molecule has 0 saturated carbocycles. The van der Waals surface area contributed by atoms with E-state index >= 15 is 0 Å². The highest BCUT2D eigenvalue weighted by Crippen LogP contribution is 2.29. The Morgan fingerprint density at radius 2 is 2.29 bits per heavy atom. The molecule has 0 aromatic carbocycles. The Morgan fingerprint density at radius 3 is 3.00 bits per heavy atom. The number of carbonyl (C=O) groups is 2. The third-order valence-electron chi connectivity index (χ3n) is 4.61. The zero-order chi connectivity index (χ0) is 16.7. The van der Waals surface area contributed by atoms with Crippen LogP contribution in [0.25, 0.3) is 10.1 Å². The zero-order valence-electron chi connectivity index (χ0n) is 12.7. The number of carbonyl (C=O) groups excluding carboxylic acids is 1. The molecular weight excluding hydrogens is 326 g/mol. The van der Waals surface area contributed by atoms with Crippen molar-refractivity contribution in [1.82, 2.24) is 15.6 Å². The Hall–Kier alpha value is -2.43. The summed E-state index contributed by atoms with van der Waals surface area (Å²) in [5.74, 6) is 3.36. The van der Waals surface area contributed by atoms with Gasteiger partial charge >= 0.3 is 5.97 Å². The highest BCUT2D eigenvalue weighted by molar-refractivity contribution is 7.17. The average molecular weight is 341 g/mol. The fourth-order valence-electron chi connectivity index (χ4n) is 3.50. The predicted molar refractivity (Wildman–Crippen MR) is 90.0 cm³/mol. The molecule has 1 amide bonds. The second-order valence-corrected chi connectivity index (χ2v) is 7.04. The lowest BCUT2D eigenvalue weighted by Gasteiger charge is -2.21. The molecule has 0 unspecified atom stereocenters. The maximum atomic E-state index is 12.5. The molecule has 3 N–H and O–H groups in total. The van der Waals surface area contributed by atoms with E-state index in [9.17, 15) is 9.59 Å². The number of thiophene rings is 1. The lowest BCUT2D eigenvalue weighted by atomic mass is 9.95. The smallest absolute Gasteiger partial charge is 0.382 e. The van der Waals surface area contributed by atoms with Crippen LogP contribution in [0.1, 0.15) is 35.3 Å². The van der Waals surface area contributed by atoms with Crippen molar-refractivity contribution in [2.24, 2.45) is 0 Å². The maximum Gasteiger partial charge on any atom is 0.382 e. The van der Waals surface area contributed by atoms with Gasteiger partial charge < -0.3 is 15.7 Å². The molecule has 6 nitrogen and oxygen atoms in total. The van der Waals surface area contributed by atoms with Crippen molar-refractivity contribution in [3.8, 4) is 11.8 Å². The predicted octanol–water partition coefficient (Wildman–Crippen LogP) is 1.36. The Balaban J connectivity index is 1.58. The Morgan fingerprint density at radius 1 is 1.42 bits per heavy atom. The Kier molecular flexibility index (Phi) is 3.71. The standard InChI is InChI=1S/C17H15N3O3S/c21-16(22)4-1-9-8-24-15-7-18-14(6-11(9)15)17(23)20-13-5-10-2-3-12(13)19-10/h6-8,10,12-13,19H,2-3,5H2,(H,20,23)(H,21,22)/t10-,12+,13-/m1/s1. The second-order valence-electron chi connectivity index (χ2n) is 6.13. The van der Waals surface area contributed by atoms with Gasteiger partial charge in [0.2, 0.25) is 0 Å². The van der Waals surface area contributed by atoms with Crippen molar-refractivity contribution < 1.29 is 14.7 Å². The van der Waals surface area contributed by atoms with E-state index in [0.717, 1.165) is 22.9 Å². The van der Waals surface area contributed by atoms with Crippen LogP contribution in [0.3, 0.4) is 0 Å². The molecule has 0 spiro atoms. The molecule has 2 aromatic heterocycles. The van der Waals surface area contributed by atoms with Crippen LogP contribution in [0.15, 0.2) is 17.6 Å². The van der Waals surface area contributed by atoms with Gasteiger partial charge in [-0.1, -0.05) is 5.92 Å². The summed E-state index contributed by atoms with van der Waals surface area (Å²) in [4.78, 5) is 27.3. The zero-order valence-corrected chi connectivity index (χ0v) is 13.5. The van der Waals surface area contributed by atoms with Gasteiger partial charge in [0.05, 0.1) is 4.70 Å². The highest BCUT2D eigenvalue weighted by atomic mass is 32.1. The monoisotopic (exact) mass is 341 g/mol. The van der Waals surface area contributed by atoms with E-state index in [2.05, 4.69) is 27.5 Å². The summed E-state index contributed by atoms with van der Waals surface area (Å²) in [7, 11) is 0. The summed E-state index contributed by atoms with van der Waals surface area (Å²) >= 11 is 1.43. The van der Waals surface area contributed by atoms with Gasteiger partial charge in [0.1, 0.15) is 5.69 Å². The molecule has 0 aliphatic carbocycles. The van der Waals surface area contributed by atoms with Crippen molar-refractivity contribution >= 4 is 33.3 Å². The number of hydrogen-bond donors (Lipinski definition) is 3. The number of nitrogens with zero attached hydrogens (tertiary/aromatic N) is 1. The molecule has 2 aliphatic heterocycles. The van der Waals surface area contributed by atoms with Gasteiger partial charge in [-0.15, -0.1) is 11.3 Å². The van der Waals surface area contributed by atoms with Crippen molar-refractivity contribution in [2.45, 2.75) is 37.4 Å². The van der Waals surface area contributed by atoms with Crippen LogP contribution in [0, 0.1) is 11.8 Å². The van der Waals surface area contributed by atoms with Gasteiger partial charge in [-0.3, -0.25) is 4.79 Å². The van der Waals surface area contributed by atoms with E-state index in [1.165, 1.54) is 17.8 Å². The fourth-order valence-corrected chi connectivity index (χ4v) is 4.34. The van der Waals surface area contributed by atoms with Crippen LogP contribution in [-0.2, 0) is 4.79 Å². The van der Waals surface area contributed by atoms with Crippen LogP contribution in [0.4, 0.5) is 0 Å². The maximum absolute atomic E-state index is 12.5. The van der Waals surface area contributed by atoms with Crippen LogP contribution in [-0.4, -0.2) is 40.1 Å². The largest absolute Gasteiger partial charge is 0.472 e. The van der Waals surface area contributed by atoms with Crippen molar-refractivity contribution in [1.29, 1.82) is 0 Å². The van der Waals surface area contributed by atoms with Gasteiger partial charge in [-0.05, 0) is 25.3 Å². The first-order valence-corrected chi connectivity index (χ1v) is 8.67. The molecule has 2 aliphatic rings. The first-order chi connectivity index (χ1) is 11.6. The first kappa shape index (κ1) is 15.1. The molecule has 24 heavy (non-hydrogen) atoms. The van der Waals surface area contributed by atoms with E-state index in [0.29, 0.717) is 23.3 Å². The lowest BCUT2D eigenvalue weighted by molar-refractivity contribution is -0.130. The molecule has 7 heteroatoms. The SMILES string of the molecule is O=C(O)C#Cc1csc2cnc(C(=O)N[C@@H]3C[C@H]4CC[C@@H]3N4)cc12. The number of amides is 1. The minimum atomic E-state index is -1.18. The van der Waals surface area contributed by atoms with E-state index in [1.54, 1.807) is 17.6 Å². The van der Waals surface area contributed by atoms with Crippen LogP contribution < -0.4 is 10.6 Å². The molecule has 122 valence electrons. The molecule has 4 heterocycles. The molecule has 2 fully saturated rings.